The van der Waals surface area contributed by atoms with Gasteiger partial charge in [-0.15, -0.1) is 11.3 Å². The first-order valence-electron chi connectivity index (χ1n) is 9.47. The fourth-order valence-corrected chi connectivity index (χ4v) is 3.72. The van der Waals surface area contributed by atoms with Gasteiger partial charge >= 0.3 is 0 Å². The van der Waals surface area contributed by atoms with Gasteiger partial charge in [0.2, 0.25) is 11.8 Å². The van der Waals surface area contributed by atoms with E-state index in [4.69, 9.17) is 0 Å². The number of hydrogen-bond acceptors (Lipinski definition) is 4. The molecule has 154 valence electrons. The Bertz CT molecular complexity index is 1050. The van der Waals surface area contributed by atoms with Crippen molar-refractivity contribution in [2.24, 2.45) is 0 Å². The van der Waals surface area contributed by atoms with Crippen LogP contribution >= 0.6 is 11.3 Å². The van der Waals surface area contributed by atoms with E-state index in [9.17, 15) is 14.0 Å². The van der Waals surface area contributed by atoms with Gasteiger partial charge in [-0.25, -0.2) is 9.37 Å². The Balaban J connectivity index is 1.64. The van der Waals surface area contributed by atoms with E-state index in [1.54, 1.807) is 23.6 Å². The molecule has 0 unspecified atom stereocenters. The molecule has 2 amide bonds. The third kappa shape index (κ3) is 5.39. The normalized spacial score (nSPS) is 12.0. The summed E-state index contributed by atoms with van der Waals surface area (Å²) in [5.41, 5.74) is 1.81. The summed E-state index contributed by atoms with van der Waals surface area (Å²) in [7, 11) is 0. The van der Waals surface area contributed by atoms with Crippen LogP contribution in [0.3, 0.4) is 0 Å². The van der Waals surface area contributed by atoms with Crippen LogP contribution in [0.15, 0.2) is 66.1 Å². The quantitative estimate of drug-likeness (QED) is 0.550. The second-order valence-electron chi connectivity index (χ2n) is 6.75. The van der Waals surface area contributed by atoms with Crippen molar-refractivity contribution in [1.82, 2.24) is 10.3 Å². The van der Waals surface area contributed by atoms with E-state index >= 15 is 0 Å². The van der Waals surface area contributed by atoms with Crippen LogP contribution < -0.4 is 10.2 Å². The third-order valence-electron chi connectivity index (χ3n) is 4.47. The number of aromatic nitrogens is 1. The average Bonchev–Trinajstić information content (AvgIpc) is 3.21. The zero-order valence-corrected chi connectivity index (χ0v) is 17.5. The summed E-state index contributed by atoms with van der Waals surface area (Å²) in [6.07, 6.45) is 2.97. The number of nitrogens with one attached hydrogen (secondary N) is 1. The highest BCUT2D eigenvalue weighted by Gasteiger charge is 2.20. The highest BCUT2D eigenvalue weighted by molar-refractivity contribution is 7.14. The molecular weight excluding hydrogens is 401 g/mol. The maximum atomic E-state index is 14.1. The van der Waals surface area contributed by atoms with Gasteiger partial charge in [-0.2, -0.15) is 0 Å². The van der Waals surface area contributed by atoms with Crippen molar-refractivity contribution >= 4 is 40.0 Å². The zero-order chi connectivity index (χ0) is 21.5. The van der Waals surface area contributed by atoms with Gasteiger partial charge in [0.1, 0.15) is 5.82 Å². The number of hydrogen-bond donors (Lipinski definition) is 1. The molecule has 0 spiro atoms. The molecule has 7 heteroatoms. The molecule has 3 rings (SSSR count). The molecule has 1 atom stereocenters. The predicted octanol–water partition coefficient (Wildman–Crippen LogP) is 4.90. The van der Waals surface area contributed by atoms with Crippen LogP contribution in [0.1, 0.15) is 31.0 Å². The molecule has 5 nitrogen and oxygen atoms in total. The summed E-state index contributed by atoms with van der Waals surface area (Å²) in [6.45, 7) is 3.91. The van der Waals surface area contributed by atoms with E-state index in [1.807, 2.05) is 37.3 Å². The van der Waals surface area contributed by atoms with Crippen molar-refractivity contribution < 1.29 is 14.0 Å². The number of rotatable bonds is 7. The highest BCUT2D eigenvalue weighted by atomic mass is 32.1. The van der Waals surface area contributed by atoms with Gasteiger partial charge < -0.3 is 5.32 Å². The molecule has 1 aromatic heterocycles. The maximum absolute atomic E-state index is 14.1. The van der Waals surface area contributed by atoms with Crippen LogP contribution in [-0.4, -0.2) is 23.3 Å². The van der Waals surface area contributed by atoms with Gasteiger partial charge in [0.15, 0.2) is 5.13 Å². The van der Waals surface area contributed by atoms with Crippen LogP contribution in [0.25, 0.3) is 6.08 Å². The molecule has 2 aromatic carbocycles. The average molecular weight is 424 g/mol. The first-order chi connectivity index (χ1) is 14.5. The second-order valence-corrected chi connectivity index (χ2v) is 7.59. The van der Waals surface area contributed by atoms with E-state index in [1.165, 1.54) is 41.4 Å². The van der Waals surface area contributed by atoms with Crippen LogP contribution in [0, 0.1) is 5.82 Å². The molecule has 0 bridgehead atoms. The number of benzene rings is 2. The fraction of sp³-hybridized carbons (Fsp3) is 0.174. The lowest BCUT2D eigenvalue weighted by molar-refractivity contribution is -0.117. The van der Waals surface area contributed by atoms with Gasteiger partial charge in [0.25, 0.3) is 0 Å². The van der Waals surface area contributed by atoms with Gasteiger partial charge in [-0.05, 0) is 29.7 Å². The van der Waals surface area contributed by atoms with Crippen molar-refractivity contribution in [1.29, 1.82) is 0 Å². The molecule has 1 heterocycles. The highest BCUT2D eigenvalue weighted by Crippen LogP contribution is 2.30. The largest absolute Gasteiger partial charge is 0.352 e. The Morgan fingerprint density at radius 2 is 1.87 bits per heavy atom. The minimum Gasteiger partial charge on any atom is -0.352 e. The van der Waals surface area contributed by atoms with Crippen molar-refractivity contribution in [2.45, 2.75) is 19.8 Å². The third-order valence-corrected chi connectivity index (χ3v) is 5.31. The van der Waals surface area contributed by atoms with Crippen LogP contribution in [0.2, 0.25) is 0 Å². The van der Waals surface area contributed by atoms with Crippen LogP contribution in [-0.2, 0) is 9.59 Å². The molecular formula is C23H22FN3O2S. The Morgan fingerprint density at radius 3 is 2.57 bits per heavy atom. The number of halogens is 1. The number of anilines is 2. The lowest BCUT2D eigenvalue weighted by atomic mass is 10.0. The van der Waals surface area contributed by atoms with Gasteiger partial charge in [0, 0.05) is 24.9 Å². The number of thiazole rings is 1. The summed E-state index contributed by atoms with van der Waals surface area (Å²) in [5.74, 6) is -0.895. The molecule has 0 saturated heterocycles. The van der Waals surface area contributed by atoms with Gasteiger partial charge in [-0.1, -0.05) is 49.4 Å². The van der Waals surface area contributed by atoms with Crippen molar-refractivity contribution in [3.63, 3.8) is 0 Å². The minimum atomic E-state index is -0.507. The summed E-state index contributed by atoms with van der Waals surface area (Å²) in [4.78, 5) is 29.8. The number of para-hydroxylation sites is 1. The maximum Gasteiger partial charge on any atom is 0.244 e. The van der Waals surface area contributed by atoms with Crippen molar-refractivity contribution in [3.8, 4) is 0 Å². The van der Waals surface area contributed by atoms with E-state index in [0.717, 1.165) is 5.56 Å². The molecule has 0 fully saturated rings. The molecule has 0 radical (unpaired) electrons. The standard InChI is InChI=1S/C23H22FN3O2S/c1-16(18-8-4-3-5-9-18)14-25-22(29)13-12-19-15-30-23(26-19)27(17(2)28)21-11-7-6-10-20(21)24/h3-13,15-16H,14H2,1-2H3,(H,25,29)/b13-12+/t16-/m0/s1. The van der Waals surface area contributed by atoms with Crippen molar-refractivity contribution in [3.05, 3.63) is 83.1 Å². The molecule has 1 N–H and O–H groups in total. The number of nitrogens with zero attached hydrogens (tertiary/aromatic N) is 2. The van der Waals surface area contributed by atoms with Crippen LogP contribution in [0.5, 0.6) is 0 Å². The molecule has 0 aliphatic carbocycles. The molecule has 30 heavy (non-hydrogen) atoms. The fourth-order valence-electron chi connectivity index (χ4n) is 2.87. The van der Waals surface area contributed by atoms with Gasteiger partial charge in [0.05, 0.1) is 11.4 Å². The Labute approximate surface area is 178 Å². The first-order valence-corrected chi connectivity index (χ1v) is 10.3. The van der Waals surface area contributed by atoms with Crippen LogP contribution in [0.4, 0.5) is 15.2 Å². The Hall–Kier alpha value is -3.32. The number of amides is 2. The van der Waals surface area contributed by atoms with E-state index in [-0.39, 0.29) is 23.4 Å². The Morgan fingerprint density at radius 1 is 1.17 bits per heavy atom. The number of carbonyl (C=O) groups excluding carboxylic acids is 2. The lowest BCUT2D eigenvalue weighted by Gasteiger charge is -2.18. The smallest absolute Gasteiger partial charge is 0.244 e. The summed E-state index contributed by atoms with van der Waals surface area (Å²) >= 11 is 1.20. The Kier molecular flexibility index (Phi) is 7.08. The van der Waals surface area contributed by atoms with E-state index in [2.05, 4.69) is 10.3 Å². The zero-order valence-electron chi connectivity index (χ0n) is 16.7. The van der Waals surface area contributed by atoms with E-state index in [0.29, 0.717) is 17.4 Å². The first kappa shape index (κ1) is 21.4. The molecule has 3 aromatic rings. The minimum absolute atomic E-state index is 0.141. The molecule has 0 aliphatic heterocycles. The number of carbonyl (C=O) groups is 2. The summed E-state index contributed by atoms with van der Waals surface area (Å²) < 4.78 is 14.1. The SMILES string of the molecule is CC(=O)N(c1nc(/C=C/C(=O)NC[C@H](C)c2ccccc2)cs1)c1ccccc1F. The van der Waals surface area contributed by atoms with E-state index < -0.39 is 5.82 Å². The lowest BCUT2D eigenvalue weighted by Crippen LogP contribution is -2.25. The summed E-state index contributed by atoms with van der Waals surface area (Å²) in [6, 6.07) is 16.0. The molecule has 0 saturated carbocycles. The second kappa shape index (κ2) is 9.93. The summed E-state index contributed by atoms with van der Waals surface area (Å²) in [5, 5.41) is 4.92. The predicted molar refractivity (Wildman–Crippen MR) is 118 cm³/mol. The topological polar surface area (TPSA) is 62.3 Å². The van der Waals surface area contributed by atoms with Crippen molar-refractivity contribution in [2.75, 3.05) is 11.4 Å². The monoisotopic (exact) mass is 423 g/mol. The van der Waals surface area contributed by atoms with Gasteiger partial charge in [-0.3, -0.25) is 14.5 Å². The molecule has 0 aliphatic rings.